The molecule has 1 unspecified atom stereocenters. The third-order valence-corrected chi connectivity index (χ3v) is 4.40. The first kappa shape index (κ1) is 23.2. The highest BCUT2D eigenvalue weighted by Crippen LogP contribution is 2.22. The number of hydrogen-bond donors (Lipinski definition) is 2. The summed E-state index contributed by atoms with van der Waals surface area (Å²) in [5.41, 5.74) is 7.74. The highest BCUT2D eigenvalue weighted by molar-refractivity contribution is 5.99. The Hall–Kier alpha value is -1.86. The van der Waals surface area contributed by atoms with Gasteiger partial charge in [0.2, 0.25) is 0 Å². The Morgan fingerprint density at radius 2 is 1.74 bits per heavy atom. The molecule has 1 heterocycles. The van der Waals surface area contributed by atoms with Crippen molar-refractivity contribution in [1.29, 1.82) is 0 Å². The van der Waals surface area contributed by atoms with Gasteiger partial charge in [-0.25, -0.2) is 4.39 Å². The molecule has 1 saturated heterocycles. The molecular formula is C19H24Cl2FN3O2. The van der Waals surface area contributed by atoms with Crippen molar-refractivity contribution in [2.45, 2.75) is 6.04 Å². The molecule has 0 aromatic heterocycles. The second-order valence-corrected chi connectivity index (χ2v) is 6.01. The van der Waals surface area contributed by atoms with Crippen molar-refractivity contribution < 1.29 is 13.9 Å². The quantitative estimate of drug-likeness (QED) is 0.736. The minimum Gasteiger partial charge on any atom is -0.398 e. The second-order valence-electron chi connectivity index (χ2n) is 6.01. The number of carbonyl (C=O) groups excluding carboxylic acids is 1. The van der Waals surface area contributed by atoms with Gasteiger partial charge in [-0.3, -0.25) is 9.69 Å². The number of ether oxygens (including phenoxy) is 1. The number of nitrogen functional groups attached to an aromatic ring is 1. The Kier molecular flexibility index (Phi) is 9.52. The van der Waals surface area contributed by atoms with Gasteiger partial charge in [0, 0.05) is 25.3 Å². The molecule has 0 aliphatic carbocycles. The number of nitrogens with zero attached hydrogens (tertiary/aromatic N) is 1. The van der Waals surface area contributed by atoms with E-state index < -0.39 is 0 Å². The Morgan fingerprint density at radius 1 is 1.11 bits per heavy atom. The van der Waals surface area contributed by atoms with E-state index in [-0.39, 0.29) is 42.6 Å². The number of rotatable bonds is 5. The van der Waals surface area contributed by atoms with Crippen molar-refractivity contribution in [1.82, 2.24) is 10.2 Å². The summed E-state index contributed by atoms with van der Waals surface area (Å²) >= 11 is 0. The van der Waals surface area contributed by atoms with E-state index in [1.165, 1.54) is 12.1 Å². The van der Waals surface area contributed by atoms with Crippen molar-refractivity contribution in [2.75, 3.05) is 38.6 Å². The maximum absolute atomic E-state index is 13.3. The molecule has 1 amide bonds. The molecule has 3 rings (SSSR count). The molecule has 2 aromatic rings. The SMILES string of the molecule is Cl.Cl.Nc1ccccc1C(=O)NCC(c1ccc(F)cc1)N1CCOCC1. The van der Waals surface area contributed by atoms with E-state index in [0.717, 1.165) is 18.7 Å². The van der Waals surface area contributed by atoms with Crippen LogP contribution in [0.3, 0.4) is 0 Å². The lowest BCUT2D eigenvalue weighted by Crippen LogP contribution is -2.43. The normalized spacial score (nSPS) is 15.1. The van der Waals surface area contributed by atoms with Crippen LogP contribution in [0, 0.1) is 5.82 Å². The van der Waals surface area contributed by atoms with Gasteiger partial charge in [-0.05, 0) is 29.8 Å². The van der Waals surface area contributed by atoms with E-state index >= 15 is 0 Å². The van der Waals surface area contributed by atoms with Crippen molar-refractivity contribution in [3.63, 3.8) is 0 Å². The van der Waals surface area contributed by atoms with Crippen LogP contribution in [0.1, 0.15) is 22.0 Å². The molecule has 8 heteroatoms. The summed E-state index contributed by atoms with van der Waals surface area (Å²) in [6.45, 7) is 3.25. The molecule has 0 saturated carbocycles. The molecule has 0 bridgehead atoms. The van der Waals surface area contributed by atoms with Crippen LogP contribution < -0.4 is 11.1 Å². The zero-order chi connectivity index (χ0) is 17.6. The topological polar surface area (TPSA) is 67.6 Å². The molecule has 3 N–H and O–H groups in total. The van der Waals surface area contributed by atoms with E-state index in [0.29, 0.717) is 31.0 Å². The van der Waals surface area contributed by atoms with Crippen LogP contribution in [0.4, 0.5) is 10.1 Å². The smallest absolute Gasteiger partial charge is 0.253 e. The zero-order valence-electron chi connectivity index (χ0n) is 14.8. The fourth-order valence-electron chi connectivity index (χ4n) is 3.02. The number of anilines is 1. The molecule has 27 heavy (non-hydrogen) atoms. The van der Waals surface area contributed by atoms with Gasteiger partial charge in [-0.15, -0.1) is 24.8 Å². The van der Waals surface area contributed by atoms with Crippen LogP contribution in [0.25, 0.3) is 0 Å². The number of amides is 1. The van der Waals surface area contributed by atoms with Gasteiger partial charge in [0.25, 0.3) is 5.91 Å². The Labute approximate surface area is 170 Å². The maximum atomic E-state index is 13.3. The Morgan fingerprint density at radius 3 is 2.37 bits per heavy atom. The summed E-state index contributed by atoms with van der Waals surface area (Å²) in [5.74, 6) is -0.482. The van der Waals surface area contributed by atoms with Crippen LogP contribution in [0.5, 0.6) is 0 Å². The van der Waals surface area contributed by atoms with E-state index in [1.807, 2.05) is 0 Å². The van der Waals surface area contributed by atoms with Gasteiger partial charge in [0.1, 0.15) is 5.82 Å². The predicted molar refractivity (Wildman–Crippen MR) is 109 cm³/mol. The first-order chi connectivity index (χ1) is 12.1. The van der Waals surface area contributed by atoms with Gasteiger partial charge < -0.3 is 15.8 Å². The number of para-hydroxylation sites is 1. The Bertz CT molecular complexity index is 725. The van der Waals surface area contributed by atoms with Crippen molar-refractivity contribution in [3.8, 4) is 0 Å². The summed E-state index contributed by atoms with van der Waals surface area (Å²) in [5, 5.41) is 2.96. The maximum Gasteiger partial charge on any atom is 0.253 e. The number of morpholine rings is 1. The lowest BCUT2D eigenvalue weighted by Gasteiger charge is -2.35. The lowest BCUT2D eigenvalue weighted by molar-refractivity contribution is 0.0162. The number of nitrogens with two attached hydrogens (primary N) is 1. The average Bonchev–Trinajstić information content (AvgIpc) is 2.64. The molecule has 1 aliphatic heterocycles. The molecule has 148 valence electrons. The highest BCUT2D eigenvalue weighted by atomic mass is 35.5. The summed E-state index contributed by atoms with van der Waals surface area (Å²) in [6.07, 6.45) is 0. The molecular weight excluding hydrogens is 392 g/mol. The lowest BCUT2D eigenvalue weighted by atomic mass is 10.0. The third kappa shape index (κ3) is 6.07. The highest BCUT2D eigenvalue weighted by Gasteiger charge is 2.23. The first-order valence-corrected chi connectivity index (χ1v) is 8.35. The molecule has 0 radical (unpaired) electrons. The number of benzene rings is 2. The molecule has 1 atom stereocenters. The Balaban J connectivity index is 0.00000182. The summed E-state index contributed by atoms with van der Waals surface area (Å²) in [6, 6.07) is 13.3. The zero-order valence-corrected chi connectivity index (χ0v) is 16.4. The first-order valence-electron chi connectivity index (χ1n) is 8.35. The number of halogens is 3. The standard InChI is InChI=1S/C19H22FN3O2.2ClH/c20-15-7-5-14(6-8-15)18(23-9-11-25-12-10-23)13-22-19(24)16-3-1-2-4-17(16)21;;/h1-8,18H,9-13,21H2,(H,22,24);2*1H. The van der Waals surface area contributed by atoms with Crippen molar-refractivity contribution >= 4 is 36.4 Å². The van der Waals surface area contributed by atoms with Crippen LogP contribution >= 0.6 is 24.8 Å². The molecule has 5 nitrogen and oxygen atoms in total. The second kappa shape index (κ2) is 11.1. The van der Waals surface area contributed by atoms with Gasteiger partial charge in [-0.2, -0.15) is 0 Å². The third-order valence-electron chi connectivity index (χ3n) is 4.40. The van der Waals surface area contributed by atoms with Crippen molar-refractivity contribution in [2.24, 2.45) is 0 Å². The summed E-state index contributed by atoms with van der Waals surface area (Å²) < 4.78 is 18.7. The van der Waals surface area contributed by atoms with Gasteiger partial charge in [-0.1, -0.05) is 24.3 Å². The van der Waals surface area contributed by atoms with Crippen LogP contribution in [0.2, 0.25) is 0 Å². The number of nitrogens with one attached hydrogen (secondary N) is 1. The molecule has 2 aromatic carbocycles. The van der Waals surface area contributed by atoms with Gasteiger partial charge in [0.05, 0.1) is 24.8 Å². The minimum absolute atomic E-state index is 0. The molecule has 1 fully saturated rings. The van der Waals surface area contributed by atoms with Crippen LogP contribution in [-0.4, -0.2) is 43.7 Å². The van der Waals surface area contributed by atoms with E-state index in [2.05, 4.69) is 10.2 Å². The fourth-order valence-corrected chi connectivity index (χ4v) is 3.02. The monoisotopic (exact) mass is 415 g/mol. The number of hydrogen-bond acceptors (Lipinski definition) is 4. The van der Waals surface area contributed by atoms with E-state index in [4.69, 9.17) is 10.5 Å². The number of carbonyl (C=O) groups is 1. The fraction of sp³-hybridized carbons (Fsp3) is 0.316. The minimum atomic E-state index is -0.273. The van der Waals surface area contributed by atoms with Gasteiger partial charge >= 0.3 is 0 Å². The van der Waals surface area contributed by atoms with Crippen LogP contribution in [-0.2, 0) is 4.74 Å². The molecule has 0 spiro atoms. The van der Waals surface area contributed by atoms with Crippen LogP contribution in [0.15, 0.2) is 48.5 Å². The van der Waals surface area contributed by atoms with E-state index in [9.17, 15) is 9.18 Å². The van der Waals surface area contributed by atoms with E-state index in [1.54, 1.807) is 36.4 Å². The van der Waals surface area contributed by atoms with Gasteiger partial charge in [0.15, 0.2) is 0 Å². The summed E-state index contributed by atoms with van der Waals surface area (Å²) in [4.78, 5) is 14.7. The van der Waals surface area contributed by atoms with Crippen molar-refractivity contribution in [3.05, 3.63) is 65.5 Å². The summed E-state index contributed by atoms with van der Waals surface area (Å²) in [7, 11) is 0. The largest absolute Gasteiger partial charge is 0.398 e. The predicted octanol–water partition coefficient (Wildman–Crippen LogP) is 3.05. The molecule has 1 aliphatic rings. The average molecular weight is 416 g/mol.